The average molecular weight is 173 g/mol. The number of nitrogens with zero attached hydrogens (tertiary/aromatic N) is 1. The molecule has 11 heavy (non-hydrogen) atoms. The van der Waals surface area contributed by atoms with Crippen molar-refractivity contribution in [3.63, 3.8) is 0 Å². The summed E-state index contributed by atoms with van der Waals surface area (Å²) in [5.74, 6) is 1.04. The van der Waals surface area contributed by atoms with Crippen molar-refractivity contribution in [2.24, 2.45) is 0 Å². The molecule has 1 rings (SSSR count). The van der Waals surface area contributed by atoms with Gasteiger partial charge in [0.1, 0.15) is 0 Å². The topological polar surface area (TPSA) is 3.24 Å². The van der Waals surface area contributed by atoms with Crippen LogP contribution in [-0.2, 0) is 0 Å². The van der Waals surface area contributed by atoms with Gasteiger partial charge < -0.3 is 4.90 Å². The lowest BCUT2D eigenvalue weighted by Gasteiger charge is -2.18. The predicted molar refractivity (Wildman–Crippen MR) is 53.4 cm³/mol. The van der Waals surface area contributed by atoms with Gasteiger partial charge in [0.2, 0.25) is 0 Å². The van der Waals surface area contributed by atoms with E-state index in [1.165, 1.54) is 38.8 Å². The second-order valence-corrected chi connectivity index (χ2v) is 3.74. The Kier molecular flexibility index (Phi) is 4.31. The van der Waals surface area contributed by atoms with Crippen molar-refractivity contribution in [3.05, 3.63) is 0 Å². The molecular weight excluding hydrogens is 154 g/mol. The van der Waals surface area contributed by atoms with Crippen LogP contribution in [0.3, 0.4) is 0 Å². The lowest BCUT2D eigenvalue weighted by molar-refractivity contribution is 0.273. The third-order valence-corrected chi connectivity index (χ3v) is 2.64. The van der Waals surface area contributed by atoms with Crippen molar-refractivity contribution in [1.29, 1.82) is 0 Å². The molecule has 0 saturated heterocycles. The summed E-state index contributed by atoms with van der Waals surface area (Å²) in [6, 6.07) is 0.944. The van der Waals surface area contributed by atoms with Gasteiger partial charge in [0.25, 0.3) is 0 Å². The molecule has 0 bridgehead atoms. The Morgan fingerprint density at radius 1 is 1.36 bits per heavy atom. The van der Waals surface area contributed by atoms with E-state index in [1.54, 1.807) is 0 Å². The van der Waals surface area contributed by atoms with E-state index in [9.17, 15) is 0 Å². The highest BCUT2D eigenvalue weighted by Gasteiger charge is 2.26. The molecule has 0 aromatic rings. The smallest absolute Gasteiger partial charge is 0.00963 e. The van der Waals surface area contributed by atoms with Gasteiger partial charge in [0.05, 0.1) is 0 Å². The van der Waals surface area contributed by atoms with E-state index in [0.29, 0.717) is 0 Å². The minimum absolute atomic E-state index is 0.944. The molecule has 2 heteroatoms. The number of hydrogen-bond donors (Lipinski definition) is 1. The second-order valence-electron chi connectivity index (χ2n) is 3.29. The van der Waals surface area contributed by atoms with Crippen molar-refractivity contribution in [3.8, 4) is 0 Å². The summed E-state index contributed by atoms with van der Waals surface area (Å²) >= 11 is 4.20. The summed E-state index contributed by atoms with van der Waals surface area (Å²) < 4.78 is 0. The van der Waals surface area contributed by atoms with Crippen LogP contribution in [-0.4, -0.2) is 29.8 Å². The van der Waals surface area contributed by atoms with E-state index >= 15 is 0 Å². The van der Waals surface area contributed by atoms with Gasteiger partial charge in [0, 0.05) is 6.04 Å². The predicted octanol–water partition coefficient (Wildman–Crippen LogP) is 2.18. The van der Waals surface area contributed by atoms with Gasteiger partial charge in [-0.2, -0.15) is 12.6 Å². The Morgan fingerprint density at radius 2 is 2.09 bits per heavy atom. The molecule has 0 atom stereocenters. The molecule has 0 N–H and O–H groups in total. The zero-order valence-electron chi connectivity index (χ0n) is 7.42. The maximum atomic E-state index is 4.20. The van der Waals surface area contributed by atoms with E-state index in [-0.39, 0.29) is 0 Å². The zero-order valence-corrected chi connectivity index (χ0v) is 8.32. The highest BCUT2D eigenvalue weighted by molar-refractivity contribution is 7.80. The monoisotopic (exact) mass is 173 g/mol. The van der Waals surface area contributed by atoms with E-state index in [0.717, 1.165) is 11.8 Å². The minimum Gasteiger partial charge on any atom is -0.301 e. The van der Waals surface area contributed by atoms with E-state index in [4.69, 9.17) is 0 Å². The molecular formula is C9H19NS. The summed E-state index contributed by atoms with van der Waals surface area (Å²) in [4.78, 5) is 2.60. The maximum Gasteiger partial charge on any atom is 0.00963 e. The summed E-state index contributed by atoms with van der Waals surface area (Å²) in [6.45, 7) is 4.79. The molecule has 0 unspecified atom stereocenters. The van der Waals surface area contributed by atoms with Gasteiger partial charge in [-0.15, -0.1) is 0 Å². The number of thiol groups is 1. The zero-order chi connectivity index (χ0) is 8.10. The highest BCUT2D eigenvalue weighted by Crippen LogP contribution is 2.26. The molecule has 0 spiro atoms. The lowest BCUT2D eigenvalue weighted by atomic mass is 10.3. The van der Waals surface area contributed by atoms with Crippen molar-refractivity contribution in [1.82, 2.24) is 4.90 Å². The van der Waals surface area contributed by atoms with Crippen LogP contribution < -0.4 is 0 Å². The van der Waals surface area contributed by atoms with Gasteiger partial charge in [-0.25, -0.2) is 0 Å². The maximum absolute atomic E-state index is 4.20. The Morgan fingerprint density at radius 3 is 2.55 bits per heavy atom. The van der Waals surface area contributed by atoms with E-state index in [2.05, 4.69) is 24.5 Å². The molecule has 0 amide bonds. The first-order chi connectivity index (χ1) is 5.38. The normalized spacial score (nSPS) is 17.7. The van der Waals surface area contributed by atoms with Crippen LogP contribution >= 0.6 is 12.6 Å². The van der Waals surface area contributed by atoms with Gasteiger partial charge in [-0.3, -0.25) is 0 Å². The van der Waals surface area contributed by atoms with Crippen LogP contribution in [0.25, 0.3) is 0 Å². The van der Waals surface area contributed by atoms with Crippen LogP contribution in [0.2, 0.25) is 0 Å². The van der Waals surface area contributed by atoms with Gasteiger partial charge >= 0.3 is 0 Å². The molecule has 1 nitrogen and oxygen atoms in total. The highest BCUT2D eigenvalue weighted by atomic mass is 32.1. The largest absolute Gasteiger partial charge is 0.301 e. The van der Waals surface area contributed by atoms with Gasteiger partial charge in [-0.1, -0.05) is 6.92 Å². The van der Waals surface area contributed by atoms with Crippen LogP contribution in [0.4, 0.5) is 0 Å². The lowest BCUT2D eigenvalue weighted by Crippen LogP contribution is -2.26. The molecule has 66 valence electrons. The Hall–Kier alpha value is 0.310. The SMILES string of the molecule is CCN(CCCCS)C1CC1. The van der Waals surface area contributed by atoms with Crippen LogP contribution in [0, 0.1) is 0 Å². The standard InChI is InChI=1S/C9H19NS/c1-2-10(9-5-6-9)7-3-4-8-11/h9,11H,2-8H2,1H3. The molecule has 1 saturated carbocycles. The molecule has 1 aliphatic rings. The minimum atomic E-state index is 0.944. The summed E-state index contributed by atoms with van der Waals surface area (Å²) in [6.07, 6.45) is 5.48. The Labute approximate surface area is 75.6 Å². The van der Waals surface area contributed by atoms with Crippen LogP contribution in [0.1, 0.15) is 32.6 Å². The molecule has 1 fully saturated rings. The average Bonchev–Trinajstić information content (AvgIpc) is 2.81. The third kappa shape index (κ3) is 3.48. The molecule has 0 aliphatic heterocycles. The summed E-state index contributed by atoms with van der Waals surface area (Å²) in [5, 5.41) is 0. The number of hydrogen-bond acceptors (Lipinski definition) is 2. The first-order valence-corrected chi connectivity index (χ1v) is 5.36. The Balaban J connectivity index is 2.01. The first-order valence-electron chi connectivity index (χ1n) is 4.73. The summed E-state index contributed by atoms with van der Waals surface area (Å²) in [7, 11) is 0. The van der Waals surface area contributed by atoms with Crippen molar-refractivity contribution >= 4 is 12.6 Å². The first kappa shape index (κ1) is 9.40. The van der Waals surface area contributed by atoms with Gasteiger partial charge in [0.15, 0.2) is 0 Å². The van der Waals surface area contributed by atoms with Gasteiger partial charge in [-0.05, 0) is 44.5 Å². The molecule has 0 heterocycles. The fourth-order valence-corrected chi connectivity index (χ4v) is 1.69. The van der Waals surface area contributed by atoms with Crippen molar-refractivity contribution in [2.75, 3.05) is 18.8 Å². The third-order valence-electron chi connectivity index (χ3n) is 2.32. The van der Waals surface area contributed by atoms with Crippen LogP contribution in [0.5, 0.6) is 0 Å². The van der Waals surface area contributed by atoms with Crippen molar-refractivity contribution < 1.29 is 0 Å². The second kappa shape index (κ2) is 5.04. The fraction of sp³-hybridized carbons (Fsp3) is 1.00. The van der Waals surface area contributed by atoms with E-state index in [1.807, 2.05) is 0 Å². The fourth-order valence-electron chi connectivity index (χ4n) is 1.47. The number of rotatable bonds is 6. The number of unbranched alkanes of at least 4 members (excludes halogenated alkanes) is 1. The van der Waals surface area contributed by atoms with Crippen molar-refractivity contribution in [2.45, 2.75) is 38.6 Å². The molecule has 0 radical (unpaired) electrons. The Bertz CT molecular complexity index is 102. The quantitative estimate of drug-likeness (QED) is 0.476. The van der Waals surface area contributed by atoms with E-state index < -0.39 is 0 Å². The molecule has 0 aromatic carbocycles. The van der Waals surface area contributed by atoms with Crippen LogP contribution in [0.15, 0.2) is 0 Å². The molecule has 1 aliphatic carbocycles. The molecule has 0 aromatic heterocycles. The summed E-state index contributed by atoms with van der Waals surface area (Å²) in [5.41, 5.74) is 0.